The molecule has 198 valence electrons. The number of benzene rings is 3. The predicted molar refractivity (Wildman–Crippen MR) is 136 cm³/mol. The summed E-state index contributed by atoms with van der Waals surface area (Å²) in [5.41, 5.74) is -0.276. The van der Waals surface area contributed by atoms with Crippen LogP contribution >= 0.6 is 0 Å². The van der Waals surface area contributed by atoms with Crippen LogP contribution in [0.15, 0.2) is 72.3 Å². The monoisotopic (exact) mass is 534 g/mol. The molecule has 5 amide bonds. The van der Waals surface area contributed by atoms with Gasteiger partial charge in [0.05, 0.1) is 23.4 Å². The molecule has 12 nitrogen and oxygen atoms in total. The molecule has 0 spiro atoms. The first-order valence-electron chi connectivity index (χ1n) is 11.2. The van der Waals surface area contributed by atoms with Crippen LogP contribution in [0, 0.1) is 15.9 Å². The van der Waals surface area contributed by atoms with Crippen LogP contribution in [-0.2, 0) is 14.4 Å². The van der Waals surface area contributed by atoms with E-state index in [1.54, 1.807) is 6.07 Å². The zero-order valence-corrected chi connectivity index (χ0v) is 20.2. The Bertz CT molecular complexity index is 1520. The Morgan fingerprint density at radius 1 is 1.08 bits per heavy atom. The molecule has 39 heavy (non-hydrogen) atoms. The molecule has 1 aliphatic rings. The predicted octanol–water partition coefficient (Wildman–Crippen LogP) is 3.43. The molecule has 13 heteroatoms. The number of nitro groups is 1. The van der Waals surface area contributed by atoms with Gasteiger partial charge in [0.15, 0.2) is 18.1 Å². The maximum atomic E-state index is 13.7. The molecular formula is C26H19FN4O8. The van der Waals surface area contributed by atoms with Crippen LogP contribution in [0.5, 0.6) is 11.5 Å². The lowest BCUT2D eigenvalue weighted by Crippen LogP contribution is -2.54. The van der Waals surface area contributed by atoms with Gasteiger partial charge in [-0.2, -0.15) is 0 Å². The lowest BCUT2D eigenvalue weighted by Gasteiger charge is -2.26. The van der Waals surface area contributed by atoms with Crippen LogP contribution in [0.25, 0.3) is 6.08 Å². The zero-order chi connectivity index (χ0) is 28.1. The van der Waals surface area contributed by atoms with E-state index in [1.807, 2.05) is 0 Å². The fourth-order valence-electron chi connectivity index (χ4n) is 3.57. The Balaban J connectivity index is 1.52. The van der Waals surface area contributed by atoms with E-state index in [0.29, 0.717) is 10.5 Å². The van der Waals surface area contributed by atoms with Gasteiger partial charge in [0.1, 0.15) is 11.4 Å². The lowest BCUT2D eigenvalue weighted by molar-refractivity contribution is -0.384. The van der Waals surface area contributed by atoms with E-state index < -0.39 is 41.1 Å². The minimum absolute atomic E-state index is 0.00304. The van der Waals surface area contributed by atoms with Crippen molar-refractivity contribution in [3.05, 3.63) is 93.8 Å². The number of amides is 5. The number of nitrogens with one attached hydrogen (secondary N) is 2. The smallest absolute Gasteiger partial charge is 0.335 e. The van der Waals surface area contributed by atoms with Gasteiger partial charge in [-0.05, 0) is 48.0 Å². The van der Waals surface area contributed by atoms with Crippen molar-refractivity contribution < 1.29 is 38.0 Å². The molecular weight excluding hydrogens is 515 g/mol. The number of imide groups is 2. The highest BCUT2D eigenvalue weighted by atomic mass is 19.1. The maximum absolute atomic E-state index is 13.7. The van der Waals surface area contributed by atoms with Crippen molar-refractivity contribution in [1.82, 2.24) is 5.32 Å². The van der Waals surface area contributed by atoms with Crippen molar-refractivity contribution in [2.45, 2.75) is 0 Å². The van der Waals surface area contributed by atoms with E-state index >= 15 is 0 Å². The van der Waals surface area contributed by atoms with Crippen LogP contribution in [0.4, 0.5) is 26.2 Å². The molecule has 1 heterocycles. The lowest BCUT2D eigenvalue weighted by atomic mass is 10.1. The Morgan fingerprint density at radius 3 is 2.46 bits per heavy atom. The normalized spacial score (nSPS) is 14.2. The number of nitro benzene ring substituents is 1. The van der Waals surface area contributed by atoms with Gasteiger partial charge in [-0.25, -0.2) is 14.1 Å². The largest absolute Gasteiger partial charge is 0.493 e. The molecule has 3 aromatic carbocycles. The van der Waals surface area contributed by atoms with Gasteiger partial charge in [-0.15, -0.1) is 0 Å². The number of nitrogens with zero attached hydrogens (tertiary/aromatic N) is 2. The molecule has 4 rings (SSSR count). The van der Waals surface area contributed by atoms with Gasteiger partial charge in [-0.3, -0.25) is 29.8 Å². The van der Waals surface area contributed by atoms with Crippen LogP contribution in [0.2, 0.25) is 0 Å². The number of para-hydroxylation sites is 1. The number of hydrogen-bond acceptors (Lipinski definition) is 8. The molecule has 0 radical (unpaired) electrons. The maximum Gasteiger partial charge on any atom is 0.335 e. The van der Waals surface area contributed by atoms with Crippen LogP contribution in [-0.4, -0.2) is 42.4 Å². The average Bonchev–Trinajstić information content (AvgIpc) is 2.91. The van der Waals surface area contributed by atoms with E-state index in [2.05, 4.69) is 10.6 Å². The quantitative estimate of drug-likeness (QED) is 0.193. The fraction of sp³-hybridized carbons (Fsp3) is 0.0769. The second kappa shape index (κ2) is 11.2. The van der Waals surface area contributed by atoms with E-state index in [4.69, 9.17) is 9.47 Å². The Morgan fingerprint density at radius 2 is 1.79 bits per heavy atom. The van der Waals surface area contributed by atoms with Crippen molar-refractivity contribution in [3.63, 3.8) is 0 Å². The van der Waals surface area contributed by atoms with E-state index in [0.717, 1.165) is 12.1 Å². The first kappa shape index (κ1) is 26.5. The van der Waals surface area contributed by atoms with Crippen molar-refractivity contribution in [2.24, 2.45) is 0 Å². The third kappa shape index (κ3) is 5.88. The number of ether oxygens (including phenoxy) is 2. The SMILES string of the molecule is COc1cc(/C=C2/C(=O)NC(=O)N(c3ccc([N+](=O)[O-])cc3)C2=O)ccc1OCC(=O)Nc1ccccc1F. The topological polar surface area (TPSA) is 157 Å². The Kier molecular flexibility index (Phi) is 7.61. The third-order valence-electron chi connectivity index (χ3n) is 5.43. The number of carbonyl (C=O) groups is 4. The molecule has 0 bridgehead atoms. The number of rotatable bonds is 8. The summed E-state index contributed by atoms with van der Waals surface area (Å²) >= 11 is 0. The number of anilines is 2. The van der Waals surface area contributed by atoms with Crippen molar-refractivity contribution in [2.75, 3.05) is 23.9 Å². The molecule has 0 aliphatic carbocycles. The number of methoxy groups -OCH3 is 1. The highest BCUT2D eigenvalue weighted by Gasteiger charge is 2.37. The van der Waals surface area contributed by atoms with Gasteiger partial charge in [0, 0.05) is 12.1 Å². The van der Waals surface area contributed by atoms with Crippen LogP contribution in [0.3, 0.4) is 0 Å². The van der Waals surface area contributed by atoms with Gasteiger partial charge in [0.25, 0.3) is 23.4 Å². The summed E-state index contributed by atoms with van der Waals surface area (Å²) in [7, 11) is 1.34. The third-order valence-corrected chi connectivity index (χ3v) is 5.43. The molecule has 3 aromatic rings. The standard InChI is InChI=1S/C26H19FN4O8/c1-38-22-13-15(6-11-21(22)39-14-23(32)28-20-5-3-2-4-19(20)27)12-18-24(33)29-26(35)30(25(18)34)16-7-9-17(10-8-16)31(36)37/h2-13H,14H2,1H3,(H,28,32)(H,29,33,35)/b18-12-. The second-order valence-electron chi connectivity index (χ2n) is 7.96. The van der Waals surface area contributed by atoms with Gasteiger partial charge < -0.3 is 14.8 Å². The molecule has 0 atom stereocenters. The van der Waals surface area contributed by atoms with Crippen LogP contribution < -0.4 is 25.0 Å². The van der Waals surface area contributed by atoms with E-state index in [1.165, 1.54) is 61.7 Å². The molecule has 1 aliphatic heterocycles. The van der Waals surface area contributed by atoms with Gasteiger partial charge in [-0.1, -0.05) is 18.2 Å². The summed E-state index contributed by atoms with van der Waals surface area (Å²) in [6.45, 7) is -0.460. The van der Waals surface area contributed by atoms with Crippen molar-refractivity contribution in [1.29, 1.82) is 0 Å². The number of barbiturate groups is 1. The highest BCUT2D eigenvalue weighted by Crippen LogP contribution is 2.30. The minimum atomic E-state index is -1.01. The summed E-state index contributed by atoms with van der Waals surface area (Å²) in [4.78, 5) is 61.0. The number of hydrogen-bond donors (Lipinski definition) is 2. The number of non-ortho nitro benzene ring substituents is 1. The van der Waals surface area contributed by atoms with E-state index in [9.17, 15) is 33.7 Å². The molecule has 0 saturated carbocycles. The fourth-order valence-corrected chi connectivity index (χ4v) is 3.57. The summed E-state index contributed by atoms with van der Waals surface area (Å²) < 4.78 is 24.5. The molecule has 0 aromatic heterocycles. The Hall–Kier alpha value is -5.59. The molecule has 1 fully saturated rings. The first-order chi connectivity index (χ1) is 18.7. The first-order valence-corrected chi connectivity index (χ1v) is 11.2. The molecule has 1 saturated heterocycles. The highest BCUT2D eigenvalue weighted by molar-refractivity contribution is 6.39. The van der Waals surface area contributed by atoms with Crippen molar-refractivity contribution >= 4 is 46.9 Å². The van der Waals surface area contributed by atoms with E-state index in [-0.39, 0.29) is 34.1 Å². The number of carbonyl (C=O) groups excluding carboxylic acids is 4. The van der Waals surface area contributed by atoms with Gasteiger partial charge >= 0.3 is 6.03 Å². The van der Waals surface area contributed by atoms with Crippen molar-refractivity contribution in [3.8, 4) is 11.5 Å². The summed E-state index contributed by atoms with van der Waals surface area (Å²) in [5, 5.41) is 15.3. The van der Waals surface area contributed by atoms with Gasteiger partial charge in [0.2, 0.25) is 0 Å². The zero-order valence-electron chi connectivity index (χ0n) is 20.2. The minimum Gasteiger partial charge on any atom is -0.493 e. The molecule has 2 N–H and O–H groups in total. The molecule has 0 unspecified atom stereocenters. The number of urea groups is 1. The Labute approximate surface area is 219 Å². The second-order valence-corrected chi connectivity index (χ2v) is 7.96. The summed E-state index contributed by atoms with van der Waals surface area (Å²) in [6.07, 6.45) is 1.22. The van der Waals surface area contributed by atoms with Crippen LogP contribution in [0.1, 0.15) is 5.56 Å². The summed E-state index contributed by atoms with van der Waals surface area (Å²) in [6, 6.07) is 13.6. The number of halogens is 1. The summed E-state index contributed by atoms with van der Waals surface area (Å²) in [5.74, 6) is -2.78. The average molecular weight is 534 g/mol.